The number of hydrogen-bond donors (Lipinski definition) is 1. The first kappa shape index (κ1) is 22.1. The van der Waals surface area contributed by atoms with Gasteiger partial charge in [0.05, 0.1) is 13.4 Å². The van der Waals surface area contributed by atoms with Crippen LogP contribution in [0.25, 0.3) is 0 Å². The van der Waals surface area contributed by atoms with Crippen LogP contribution >= 0.6 is 11.8 Å². The molecule has 2 aromatic rings. The second-order valence-corrected chi connectivity index (χ2v) is 8.31. The molecule has 0 bridgehead atoms. The van der Waals surface area contributed by atoms with Crippen molar-refractivity contribution in [1.82, 2.24) is 15.1 Å². The SMILES string of the molecule is CN=C(NCC(C)CSc1ccccc1OC)N1CCN(C(=O)c2ccco2)CC1. The third kappa shape index (κ3) is 5.72. The van der Waals surface area contributed by atoms with Crippen LogP contribution in [0.4, 0.5) is 0 Å². The van der Waals surface area contributed by atoms with E-state index in [4.69, 9.17) is 9.15 Å². The van der Waals surface area contributed by atoms with Crippen LogP contribution in [0.15, 0.2) is 57.0 Å². The molecule has 0 aliphatic carbocycles. The van der Waals surface area contributed by atoms with Gasteiger partial charge in [0, 0.05) is 50.4 Å². The number of guanidine groups is 1. The lowest BCUT2D eigenvalue weighted by atomic mass is 10.2. The minimum Gasteiger partial charge on any atom is -0.496 e. The van der Waals surface area contributed by atoms with Crippen molar-refractivity contribution in [2.45, 2.75) is 11.8 Å². The molecule has 1 amide bonds. The van der Waals surface area contributed by atoms with E-state index in [9.17, 15) is 4.79 Å². The van der Waals surface area contributed by atoms with Gasteiger partial charge in [-0.25, -0.2) is 0 Å². The maximum absolute atomic E-state index is 12.4. The Labute approximate surface area is 182 Å². The first-order valence-electron chi connectivity index (χ1n) is 10.2. The van der Waals surface area contributed by atoms with E-state index in [0.717, 1.165) is 42.0 Å². The standard InChI is InChI=1S/C22H30N4O3S/c1-17(16-30-20-9-5-4-7-18(20)28-3)15-24-22(23-2)26-12-10-25(11-13-26)21(27)19-8-6-14-29-19/h4-9,14,17H,10-13,15-16H2,1-3H3,(H,23,24). The Morgan fingerprint density at radius 1 is 1.20 bits per heavy atom. The smallest absolute Gasteiger partial charge is 0.289 e. The highest BCUT2D eigenvalue weighted by molar-refractivity contribution is 7.99. The molecule has 3 rings (SSSR count). The van der Waals surface area contributed by atoms with Gasteiger partial charge in [-0.05, 0) is 30.2 Å². The van der Waals surface area contributed by atoms with E-state index in [2.05, 4.69) is 28.2 Å². The monoisotopic (exact) mass is 430 g/mol. The summed E-state index contributed by atoms with van der Waals surface area (Å²) in [5, 5.41) is 3.48. The first-order valence-corrected chi connectivity index (χ1v) is 11.1. The van der Waals surface area contributed by atoms with Crippen molar-refractivity contribution in [3.05, 3.63) is 48.4 Å². The Morgan fingerprint density at radius 3 is 2.60 bits per heavy atom. The van der Waals surface area contributed by atoms with Crippen LogP contribution in [-0.4, -0.2) is 74.3 Å². The summed E-state index contributed by atoms with van der Waals surface area (Å²) in [6.07, 6.45) is 1.53. The second kappa shape index (κ2) is 11.0. The number of furan rings is 1. The Morgan fingerprint density at radius 2 is 1.93 bits per heavy atom. The fraction of sp³-hybridized carbons (Fsp3) is 0.455. The highest BCUT2D eigenvalue weighted by Crippen LogP contribution is 2.29. The minimum atomic E-state index is -0.0513. The molecule has 1 atom stereocenters. The van der Waals surface area contributed by atoms with E-state index < -0.39 is 0 Å². The zero-order valence-corrected chi connectivity index (χ0v) is 18.7. The number of carbonyl (C=O) groups excluding carboxylic acids is 1. The lowest BCUT2D eigenvalue weighted by Crippen LogP contribution is -2.54. The van der Waals surface area contributed by atoms with Gasteiger partial charge < -0.3 is 24.3 Å². The number of hydrogen-bond acceptors (Lipinski definition) is 5. The molecule has 8 heteroatoms. The average Bonchev–Trinajstić information content (AvgIpc) is 3.33. The maximum Gasteiger partial charge on any atom is 0.289 e. The average molecular weight is 431 g/mol. The van der Waals surface area contributed by atoms with Gasteiger partial charge in [0.2, 0.25) is 0 Å². The summed E-state index contributed by atoms with van der Waals surface area (Å²) in [5.74, 6) is 3.58. The third-order valence-electron chi connectivity index (χ3n) is 5.01. The van der Waals surface area contributed by atoms with E-state index in [-0.39, 0.29) is 5.91 Å². The highest BCUT2D eigenvalue weighted by Gasteiger charge is 2.25. The van der Waals surface area contributed by atoms with Crippen molar-refractivity contribution in [3.63, 3.8) is 0 Å². The molecule has 1 aliphatic rings. The molecule has 1 unspecified atom stereocenters. The molecule has 1 N–H and O–H groups in total. The second-order valence-electron chi connectivity index (χ2n) is 7.25. The van der Waals surface area contributed by atoms with E-state index in [1.165, 1.54) is 6.26 Å². The number of para-hydroxylation sites is 1. The van der Waals surface area contributed by atoms with Crippen LogP contribution in [0.5, 0.6) is 5.75 Å². The number of carbonyl (C=O) groups is 1. The van der Waals surface area contributed by atoms with Crippen molar-refractivity contribution in [2.24, 2.45) is 10.9 Å². The number of nitrogens with zero attached hydrogens (tertiary/aromatic N) is 3. The fourth-order valence-corrected chi connectivity index (χ4v) is 4.35. The number of amides is 1. The van der Waals surface area contributed by atoms with Gasteiger partial charge in [0.1, 0.15) is 5.75 Å². The minimum absolute atomic E-state index is 0.0513. The van der Waals surface area contributed by atoms with Crippen LogP contribution in [0.2, 0.25) is 0 Å². The molecule has 30 heavy (non-hydrogen) atoms. The van der Waals surface area contributed by atoms with Gasteiger partial charge in [-0.2, -0.15) is 0 Å². The summed E-state index contributed by atoms with van der Waals surface area (Å²) in [6, 6.07) is 11.5. The molecule has 1 saturated heterocycles. The highest BCUT2D eigenvalue weighted by atomic mass is 32.2. The molecule has 0 saturated carbocycles. The van der Waals surface area contributed by atoms with Gasteiger partial charge in [-0.3, -0.25) is 9.79 Å². The number of nitrogens with one attached hydrogen (secondary N) is 1. The molecule has 0 radical (unpaired) electrons. The number of aliphatic imine (C=N–C) groups is 1. The lowest BCUT2D eigenvalue weighted by Gasteiger charge is -2.36. The fourth-order valence-electron chi connectivity index (χ4n) is 3.30. The number of piperazine rings is 1. The molecular weight excluding hydrogens is 400 g/mol. The van der Waals surface area contributed by atoms with Gasteiger partial charge in [0.25, 0.3) is 5.91 Å². The molecule has 0 spiro atoms. The Balaban J connectivity index is 1.43. The van der Waals surface area contributed by atoms with Crippen LogP contribution in [-0.2, 0) is 0 Å². The number of thioether (sulfide) groups is 1. The number of rotatable bonds is 7. The summed E-state index contributed by atoms with van der Waals surface area (Å²) in [6.45, 7) is 5.86. The number of benzene rings is 1. The van der Waals surface area contributed by atoms with Crippen LogP contribution in [0.3, 0.4) is 0 Å². The first-order chi connectivity index (χ1) is 14.6. The van der Waals surface area contributed by atoms with Gasteiger partial charge >= 0.3 is 0 Å². The molecular formula is C22H30N4O3S. The summed E-state index contributed by atoms with van der Waals surface area (Å²) in [5.41, 5.74) is 0. The molecule has 1 aromatic carbocycles. The molecule has 1 aliphatic heterocycles. The van der Waals surface area contributed by atoms with Crippen molar-refractivity contribution < 1.29 is 13.9 Å². The van der Waals surface area contributed by atoms with E-state index in [1.54, 1.807) is 38.1 Å². The molecule has 162 valence electrons. The Hall–Kier alpha value is -2.61. The topological polar surface area (TPSA) is 70.3 Å². The van der Waals surface area contributed by atoms with Crippen molar-refractivity contribution in [2.75, 3.05) is 52.6 Å². The molecule has 1 fully saturated rings. The van der Waals surface area contributed by atoms with Gasteiger partial charge in [0.15, 0.2) is 11.7 Å². The predicted molar refractivity (Wildman–Crippen MR) is 120 cm³/mol. The summed E-state index contributed by atoms with van der Waals surface area (Å²) in [4.78, 5) is 22.0. The Bertz CT molecular complexity index is 833. The van der Waals surface area contributed by atoms with E-state index in [1.807, 2.05) is 23.1 Å². The molecule has 1 aromatic heterocycles. The maximum atomic E-state index is 12.4. The summed E-state index contributed by atoms with van der Waals surface area (Å²) >= 11 is 1.81. The van der Waals surface area contributed by atoms with Crippen molar-refractivity contribution in [1.29, 1.82) is 0 Å². The van der Waals surface area contributed by atoms with Gasteiger partial charge in [-0.15, -0.1) is 11.8 Å². The van der Waals surface area contributed by atoms with E-state index in [0.29, 0.717) is 24.8 Å². The predicted octanol–water partition coefficient (Wildman–Crippen LogP) is 3.05. The van der Waals surface area contributed by atoms with Crippen LogP contribution < -0.4 is 10.1 Å². The summed E-state index contributed by atoms with van der Waals surface area (Å²) < 4.78 is 10.7. The van der Waals surface area contributed by atoms with Gasteiger partial charge in [-0.1, -0.05) is 19.1 Å². The van der Waals surface area contributed by atoms with Crippen molar-refractivity contribution in [3.8, 4) is 5.75 Å². The Kier molecular flexibility index (Phi) is 8.07. The number of ether oxygens (including phenoxy) is 1. The van der Waals surface area contributed by atoms with Crippen LogP contribution in [0.1, 0.15) is 17.5 Å². The zero-order chi connectivity index (χ0) is 21.3. The lowest BCUT2D eigenvalue weighted by molar-refractivity contribution is 0.0657. The quantitative estimate of drug-likeness (QED) is 0.414. The largest absolute Gasteiger partial charge is 0.496 e. The molecule has 7 nitrogen and oxygen atoms in total. The molecule has 2 heterocycles. The zero-order valence-electron chi connectivity index (χ0n) is 17.8. The van der Waals surface area contributed by atoms with Crippen LogP contribution in [0, 0.1) is 5.92 Å². The number of methoxy groups -OCH3 is 1. The van der Waals surface area contributed by atoms with Crippen molar-refractivity contribution >= 4 is 23.6 Å². The van der Waals surface area contributed by atoms with E-state index >= 15 is 0 Å². The normalized spacial score (nSPS) is 15.8. The third-order valence-corrected chi connectivity index (χ3v) is 6.40. The summed E-state index contributed by atoms with van der Waals surface area (Å²) in [7, 11) is 3.51.